The molecule has 0 saturated heterocycles. The Labute approximate surface area is 126 Å². The molecule has 0 bridgehead atoms. The van der Waals surface area contributed by atoms with Crippen LogP contribution in [0.3, 0.4) is 0 Å². The zero-order valence-corrected chi connectivity index (χ0v) is 13.4. The van der Waals surface area contributed by atoms with Gasteiger partial charge in [0.25, 0.3) is 5.91 Å². The fourth-order valence-electron chi connectivity index (χ4n) is 3.07. The number of rotatable bonds is 6. The molecule has 1 aliphatic rings. The van der Waals surface area contributed by atoms with E-state index in [-0.39, 0.29) is 23.5 Å². The van der Waals surface area contributed by atoms with Gasteiger partial charge in [-0.15, -0.1) is 0 Å². The first-order valence-electron chi connectivity index (χ1n) is 7.70. The highest BCUT2D eigenvalue weighted by molar-refractivity contribution is 5.92. The molecule has 21 heavy (non-hydrogen) atoms. The first kappa shape index (κ1) is 15.9. The van der Waals surface area contributed by atoms with Gasteiger partial charge >= 0.3 is 0 Å². The molecule has 0 unspecified atom stereocenters. The molecule has 2 atom stereocenters. The third-order valence-electron chi connectivity index (χ3n) is 4.38. The standard InChI is InChI=1S/C16H25N3O2/c1-5-9-19(15(20)12-11-17-7-8-18-12)13-10-14(21-6-2)16(13,3)4/h7-8,11,13-14H,5-6,9-10H2,1-4H3/t13-,14-/m1/s1. The van der Waals surface area contributed by atoms with Gasteiger partial charge in [0.05, 0.1) is 12.3 Å². The third-order valence-corrected chi connectivity index (χ3v) is 4.38. The quantitative estimate of drug-likeness (QED) is 0.808. The van der Waals surface area contributed by atoms with Gasteiger partial charge in [-0.1, -0.05) is 20.8 Å². The van der Waals surface area contributed by atoms with Crippen LogP contribution in [0.2, 0.25) is 0 Å². The van der Waals surface area contributed by atoms with Gasteiger partial charge in [0.1, 0.15) is 5.69 Å². The minimum Gasteiger partial charge on any atom is -0.378 e. The number of carbonyl (C=O) groups excluding carboxylic acids is 1. The van der Waals surface area contributed by atoms with Crippen LogP contribution in [0.1, 0.15) is 51.0 Å². The van der Waals surface area contributed by atoms with Gasteiger partial charge < -0.3 is 9.64 Å². The summed E-state index contributed by atoms with van der Waals surface area (Å²) in [4.78, 5) is 22.8. The van der Waals surface area contributed by atoms with Crippen LogP contribution in [0.25, 0.3) is 0 Å². The van der Waals surface area contributed by atoms with E-state index in [1.54, 1.807) is 12.4 Å². The Balaban J connectivity index is 2.15. The van der Waals surface area contributed by atoms with Gasteiger partial charge in [0.15, 0.2) is 0 Å². The molecule has 0 radical (unpaired) electrons. The van der Waals surface area contributed by atoms with E-state index < -0.39 is 0 Å². The van der Waals surface area contributed by atoms with Crippen LogP contribution in [0.4, 0.5) is 0 Å². The molecule has 1 fully saturated rings. The van der Waals surface area contributed by atoms with E-state index in [1.807, 2.05) is 11.8 Å². The van der Waals surface area contributed by atoms with Crippen LogP contribution in [0.15, 0.2) is 18.6 Å². The first-order valence-corrected chi connectivity index (χ1v) is 7.70. The van der Waals surface area contributed by atoms with Gasteiger partial charge in [0.2, 0.25) is 0 Å². The van der Waals surface area contributed by atoms with Crippen molar-refractivity contribution in [3.63, 3.8) is 0 Å². The SMILES string of the molecule is CCCN(C(=O)c1cnccn1)[C@@H]1C[C@@H](OCC)C1(C)C. The first-order chi connectivity index (χ1) is 10.0. The number of nitrogens with zero attached hydrogens (tertiary/aromatic N) is 3. The maximum atomic E-state index is 12.7. The molecule has 1 heterocycles. The van der Waals surface area contributed by atoms with Crippen molar-refractivity contribution in [3.8, 4) is 0 Å². The molecule has 116 valence electrons. The van der Waals surface area contributed by atoms with E-state index in [0.717, 1.165) is 19.4 Å². The van der Waals surface area contributed by atoms with E-state index in [2.05, 4.69) is 30.7 Å². The number of hydrogen-bond acceptors (Lipinski definition) is 4. The molecule has 0 N–H and O–H groups in total. The molecule has 0 aromatic carbocycles. The van der Waals surface area contributed by atoms with Gasteiger partial charge in [0, 0.05) is 37.0 Å². The van der Waals surface area contributed by atoms with E-state index >= 15 is 0 Å². The number of aromatic nitrogens is 2. The Bertz CT molecular complexity index is 476. The lowest BCUT2D eigenvalue weighted by Gasteiger charge is -2.55. The summed E-state index contributed by atoms with van der Waals surface area (Å²) in [5, 5.41) is 0. The normalized spacial score (nSPS) is 23.4. The predicted octanol–water partition coefficient (Wildman–Crippen LogP) is 2.53. The monoisotopic (exact) mass is 291 g/mol. The molecule has 2 rings (SSSR count). The molecule has 0 aliphatic heterocycles. The molecule has 1 aromatic heterocycles. The lowest BCUT2D eigenvalue weighted by molar-refractivity contribution is -0.140. The van der Waals surface area contributed by atoms with E-state index in [4.69, 9.17) is 4.74 Å². The second kappa shape index (κ2) is 6.52. The summed E-state index contributed by atoms with van der Waals surface area (Å²) < 4.78 is 5.77. The smallest absolute Gasteiger partial charge is 0.274 e. The number of carbonyl (C=O) groups is 1. The molecule has 1 aliphatic carbocycles. The van der Waals surface area contributed by atoms with Crippen LogP contribution >= 0.6 is 0 Å². The number of hydrogen-bond donors (Lipinski definition) is 0. The van der Waals surface area contributed by atoms with Crippen molar-refractivity contribution in [3.05, 3.63) is 24.3 Å². The maximum Gasteiger partial charge on any atom is 0.274 e. The Morgan fingerprint density at radius 1 is 1.43 bits per heavy atom. The minimum absolute atomic E-state index is 0.0248. The van der Waals surface area contributed by atoms with Crippen LogP contribution in [-0.4, -0.2) is 46.1 Å². The largest absolute Gasteiger partial charge is 0.378 e. The Morgan fingerprint density at radius 2 is 2.19 bits per heavy atom. The lowest BCUT2D eigenvalue weighted by Crippen LogP contribution is -2.63. The van der Waals surface area contributed by atoms with E-state index in [1.165, 1.54) is 6.20 Å². The van der Waals surface area contributed by atoms with Gasteiger partial charge in [-0.25, -0.2) is 4.98 Å². The fraction of sp³-hybridized carbons (Fsp3) is 0.688. The molecule has 5 nitrogen and oxygen atoms in total. The lowest BCUT2D eigenvalue weighted by atomic mass is 9.63. The van der Waals surface area contributed by atoms with Crippen molar-refractivity contribution in [2.75, 3.05) is 13.2 Å². The average molecular weight is 291 g/mol. The number of ether oxygens (including phenoxy) is 1. The highest BCUT2D eigenvalue weighted by Crippen LogP contribution is 2.46. The molecular formula is C16H25N3O2. The third kappa shape index (κ3) is 3.07. The Hall–Kier alpha value is -1.49. The average Bonchev–Trinajstić information content (AvgIpc) is 2.49. The predicted molar refractivity (Wildman–Crippen MR) is 81.0 cm³/mol. The van der Waals surface area contributed by atoms with Crippen molar-refractivity contribution < 1.29 is 9.53 Å². The summed E-state index contributed by atoms with van der Waals surface area (Å²) in [5.41, 5.74) is 0.393. The van der Waals surface area contributed by atoms with Crippen LogP contribution in [0, 0.1) is 5.41 Å². The summed E-state index contributed by atoms with van der Waals surface area (Å²) in [6.07, 6.45) is 6.73. The highest BCUT2D eigenvalue weighted by Gasteiger charge is 2.52. The highest BCUT2D eigenvalue weighted by atomic mass is 16.5. The Morgan fingerprint density at radius 3 is 2.71 bits per heavy atom. The van der Waals surface area contributed by atoms with Gasteiger partial charge in [-0.2, -0.15) is 0 Å². The fourth-order valence-corrected chi connectivity index (χ4v) is 3.07. The summed E-state index contributed by atoms with van der Waals surface area (Å²) in [6.45, 7) is 9.90. The van der Waals surface area contributed by atoms with Crippen molar-refractivity contribution in [2.45, 2.75) is 52.7 Å². The van der Waals surface area contributed by atoms with Gasteiger partial charge in [-0.3, -0.25) is 9.78 Å². The Kier molecular flexibility index (Phi) is 4.93. The van der Waals surface area contributed by atoms with E-state index in [9.17, 15) is 4.79 Å². The summed E-state index contributed by atoms with van der Waals surface area (Å²) in [7, 11) is 0. The van der Waals surface area contributed by atoms with Crippen LogP contribution < -0.4 is 0 Å². The van der Waals surface area contributed by atoms with Gasteiger partial charge in [-0.05, 0) is 19.8 Å². The number of amides is 1. The maximum absolute atomic E-state index is 12.7. The molecular weight excluding hydrogens is 266 g/mol. The summed E-state index contributed by atoms with van der Waals surface area (Å²) >= 11 is 0. The zero-order chi connectivity index (χ0) is 15.5. The second-order valence-corrected chi connectivity index (χ2v) is 6.11. The molecule has 1 saturated carbocycles. The summed E-state index contributed by atoms with van der Waals surface area (Å²) in [5.74, 6) is -0.0297. The van der Waals surface area contributed by atoms with Crippen molar-refractivity contribution in [1.82, 2.24) is 14.9 Å². The second-order valence-electron chi connectivity index (χ2n) is 6.11. The topological polar surface area (TPSA) is 55.3 Å². The van der Waals surface area contributed by atoms with Crippen molar-refractivity contribution in [1.29, 1.82) is 0 Å². The minimum atomic E-state index is -0.0297. The van der Waals surface area contributed by atoms with Crippen molar-refractivity contribution in [2.24, 2.45) is 5.41 Å². The zero-order valence-electron chi connectivity index (χ0n) is 13.4. The molecule has 1 aromatic rings. The van der Waals surface area contributed by atoms with E-state index in [0.29, 0.717) is 12.3 Å². The molecule has 1 amide bonds. The van der Waals surface area contributed by atoms with Crippen LogP contribution in [0.5, 0.6) is 0 Å². The molecule has 0 spiro atoms. The van der Waals surface area contributed by atoms with Crippen molar-refractivity contribution >= 4 is 5.91 Å². The summed E-state index contributed by atoms with van der Waals surface area (Å²) in [6, 6.07) is 0.198. The molecule has 5 heteroatoms. The van der Waals surface area contributed by atoms with Crippen LogP contribution in [-0.2, 0) is 4.74 Å².